The third kappa shape index (κ3) is 3.35. The summed E-state index contributed by atoms with van der Waals surface area (Å²) in [5.74, 6) is 1.14. The molecule has 1 heterocycles. The molecule has 2 rings (SSSR count). The lowest BCUT2D eigenvalue weighted by Gasteiger charge is -2.08. The van der Waals surface area contributed by atoms with Gasteiger partial charge in [0.05, 0.1) is 11.0 Å². The molecule has 0 radical (unpaired) electrons. The second-order valence-electron chi connectivity index (χ2n) is 5.27. The number of aryl methyl sites for hydroxylation is 2. The summed E-state index contributed by atoms with van der Waals surface area (Å²) < 4.78 is 2.36. The maximum absolute atomic E-state index is 5.70. The Kier molecular flexibility index (Phi) is 4.97. The molecule has 0 saturated carbocycles. The number of hydrogen-bond acceptors (Lipinski definition) is 2. The minimum absolute atomic E-state index is 0.664. The van der Waals surface area contributed by atoms with E-state index in [2.05, 4.69) is 36.6 Å². The van der Waals surface area contributed by atoms with Crippen LogP contribution in [0.3, 0.4) is 0 Å². The van der Waals surface area contributed by atoms with Crippen LogP contribution < -0.4 is 5.73 Å². The van der Waals surface area contributed by atoms with Gasteiger partial charge in [-0.1, -0.05) is 32.3 Å². The molecule has 0 aliphatic heterocycles. The standard InChI is InChI=1S/C16H25N3/c1-3-4-5-6-11-19-15-8-7-13(2)12-14(15)18-16(19)9-10-17/h7-8,12H,3-6,9-11,17H2,1-2H3. The average molecular weight is 259 g/mol. The van der Waals surface area contributed by atoms with Gasteiger partial charge in [0, 0.05) is 13.0 Å². The summed E-state index contributed by atoms with van der Waals surface area (Å²) in [5.41, 5.74) is 9.34. The Bertz CT molecular complexity index is 528. The number of nitrogens with zero attached hydrogens (tertiary/aromatic N) is 2. The number of unbranched alkanes of at least 4 members (excludes halogenated alkanes) is 3. The number of rotatable bonds is 7. The van der Waals surface area contributed by atoms with E-state index >= 15 is 0 Å². The fraction of sp³-hybridized carbons (Fsp3) is 0.562. The van der Waals surface area contributed by atoms with Crippen LogP contribution in [0.1, 0.15) is 44.0 Å². The maximum Gasteiger partial charge on any atom is 0.111 e. The Balaban J connectivity index is 2.24. The molecule has 0 atom stereocenters. The lowest BCUT2D eigenvalue weighted by molar-refractivity contribution is 0.574. The SMILES string of the molecule is CCCCCCn1c(CCN)nc2cc(C)ccc21. The molecule has 2 aromatic rings. The van der Waals surface area contributed by atoms with Crippen LogP contribution in [0.15, 0.2) is 18.2 Å². The Hall–Kier alpha value is -1.35. The molecule has 104 valence electrons. The van der Waals surface area contributed by atoms with Crippen molar-refractivity contribution >= 4 is 11.0 Å². The minimum Gasteiger partial charge on any atom is -0.330 e. The highest BCUT2D eigenvalue weighted by Gasteiger charge is 2.09. The highest BCUT2D eigenvalue weighted by molar-refractivity contribution is 5.76. The summed E-state index contributed by atoms with van der Waals surface area (Å²) in [4.78, 5) is 4.75. The molecular weight excluding hydrogens is 234 g/mol. The first-order valence-electron chi connectivity index (χ1n) is 7.42. The fourth-order valence-corrected chi connectivity index (χ4v) is 2.56. The van der Waals surface area contributed by atoms with E-state index in [-0.39, 0.29) is 0 Å². The van der Waals surface area contributed by atoms with Crippen LogP contribution >= 0.6 is 0 Å². The van der Waals surface area contributed by atoms with Crippen molar-refractivity contribution in [2.45, 2.75) is 52.5 Å². The van der Waals surface area contributed by atoms with Gasteiger partial charge in [-0.3, -0.25) is 0 Å². The fourth-order valence-electron chi connectivity index (χ4n) is 2.56. The van der Waals surface area contributed by atoms with Gasteiger partial charge in [0.1, 0.15) is 5.82 Å². The van der Waals surface area contributed by atoms with Crippen molar-refractivity contribution in [3.8, 4) is 0 Å². The summed E-state index contributed by atoms with van der Waals surface area (Å²) >= 11 is 0. The summed E-state index contributed by atoms with van der Waals surface area (Å²) in [6.07, 6.45) is 5.98. The van der Waals surface area contributed by atoms with Gasteiger partial charge in [-0.15, -0.1) is 0 Å². The van der Waals surface area contributed by atoms with Gasteiger partial charge in [0.25, 0.3) is 0 Å². The van der Waals surface area contributed by atoms with Crippen LogP contribution in [0, 0.1) is 6.92 Å². The Morgan fingerprint density at radius 1 is 1.21 bits per heavy atom. The van der Waals surface area contributed by atoms with E-state index in [9.17, 15) is 0 Å². The third-order valence-electron chi connectivity index (χ3n) is 3.59. The second-order valence-corrected chi connectivity index (χ2v) is 5.27. The number of hydrogen-bond donors (Lipinski definition) is 1. The van der Waals surface area contributed by atoms with Crippen molar-refractivity contribution in [3.63, 3.8) is 0 Å². The van der Waals surface area contributed by atoms with Gasteiger partial charge in [-0.2, -0.15) is 0 Å². The van der Waals surface area contributed by atoms with Gasteiger partial charge in [-0.05, 0) is 37.6 Å². The van der Waals surface area contributed by atoms with Crippen LogP contribution in [0.5, 0.6) is 0 Å². The van der Waals surface area contributed by atoms with Crippen LogP contribution in [-0.2, 0) is 13.0 Å². The van der Waals surface area contributed by atoms with E-state index in [4.69, 9.17) is 10.7 Å². The number of benzene rings is 1. The Labute approximate surface area is 115 Å². The smallest absolute Gasteiger partial charge is 0.111 e. The molecule has 0 spiro atoms. The number of imidazole rings is 1. The van der Waals surface area contributed by atoms with E-state index in [1.54, 1.807) is 0 Å². The molecule has 1 aromatic carbocycles. The highest BCUT2D eigenvalue weighted by atomic mass is 15.1. The van der Waals surface area contributed by atoms with Crippen molar-refractivity contribution in [2.75, 3.05) is 6.54 Å². The Morgan fingerprint density at radius 2 is 2.05 bits per heavy atom. The van der Waals surface area contributed by atoms with Crippen LogP contribution in [-0.4, -0.2) is 16.1 Å². The molecule has 0 amide bonds. The first-order valence-corrected chi connectivity index (χ1v) is 7.42. The quantitative estimate of drug-likeness (QED) is 0.774. The lowest BCUT2D eigenvalue weighted by atomic mass is 10.2. The zero-order valence-electron chi connectivity index (χ0n) is 12.2. The van der Waals surface area contributed by atoms with Crippen molar-refractivity contribution < 1.29 is 0 Å². The molecular formula is C16H25N3. The summed E-state index contributed by atoms with van der Waals surface area (Å²) in [6.45, 7) is 6.09. The van der Waals surface area contributed by atoms with Gasteiger partial charge in [0.15, 0.2) is 0 Å². The maximum atomic E-state index is 5.70. The monoisotopic (exact) mass is 259 g/mol. The van der Waals surface area contributed by atoms with E-state index in [1.807, 2.05) is 0 Å². The average Bonchev–Trinajstić information content (AvgIpc) is 2.72. The second kappa shape index (κ2) is 6.71. The molecule has 3 heteroatoms. The summed E-state index contributed by atoms with van der Waals surface area (Å²) in [7, 11) is 0. The summed E-state index contributed by atoms with van der Waals surface area (Å²) in [5, 5.41) is 0. The molecule has 0 fully saturated rings. The van der Waals surface area contributed by atoms with Crippen LogP contribution in [0.2, 0.25) is 0 Å². The zero-order chi connectivity index (χ0) is 13.7. The predicted molar refractivity (Wildman–Crippen MR) is 81.4 cm³/mol. The highest BCUT2D eigenvalue weighted by Crippen LogP contribution is 2.19. The van der Waals surface area contributed by atoms with Crippen LogP contribution in [0.4, 0.5) is 0 Å². The van der Waals surface area contributed by atoms with E-state index < -0.39 is 0 Å². The number of nitrogens with two attached hydrogens (primary N) is 1. The zero-order valence-corrected chi connectivity index (χ0v) is 12.2. The molecule has 3 nitrogen and oxygen atoms in total. The molecule has 0 aliphatic rings. The molecule has 19 heavy (non-hydrogen) atoms. The predicted octanol–water partition coefficient (Wildman–Crippen LogP) is 3.43. The van der Waals surface area contributed by atoms with Gasteiger partial charge >= 0.3 is 0 Å². The largest absolute Gasteiger partial charge is 0.330 e. The van der Waals surface area contributed by atoms with Gasteiger partial charge < -0.3 is 10.3 Å². The van der Waals surface area contributed by atoms with Crippen molar-refractivity contribution in [2.24, 2.45) is 5.73 Å². The first-order chi connectivity index (χ1) is 9.26. The van der Waals surface area contributed by atoms with E-state index in [0.29, 0.717) is 6.54 Å². The molecule has 0 aliphatic carbocycles. The van der Waals surface area contributed by atoms with Gasteiger partial charge in [0.2, 0.25) is 0 Å². The van der Waals surface area contributed by atoms with Crippen LogP contribution in [0.25, 0.3) is 11.0 Å². The Morgan fingerprint density at radius 3 is 2.79 bits per heavy atom. The van der Waals surface area contributed by atoms with E-state index in [0.717, 1.165) is 24.3 Å². The molecule has 0 bridgehead atoms. The van der Waals surface area contributed by atoms with Gasteiger partial charge in [-0.25, -0.2) is 4.98 Å². The number of aromatic nitrogens is 2. The lowest BCUT2D eigenvalue weighted by Crippen LogP contribution is -2.10. The topological polar surface area (TPSA) is 43.8 Å². The normalized spacial score (nSPS) is 11.3. The van der Waals surface area contributed by atoms with Crippen molar-refractivity contribution in [3.05, 3.63) is 29.6 Å². The number of fused-ring (bicyclic) bond motifs is 1. The first kappa shape index (κ1) is 14.1. The third-order valence-corrected chi connectivity index (χ3v) is 3.59. The molecule has 0 unspecified atom stereocenters. The molecule has 2 N–H and O–H groups in total. The molecule has 0 saturated heterocycles. The van der Waals surface area contributed by atoms with E-state index in [1.165, 1.54) is 36.8 Å². The van der Waals surface area contributed by atoms with Crippen molar-refractivity contribution in [1.29, 1.82) is 0 Å². The van der Waals surface area contributed by atoms with Crippen molar-refractivity contribution in [1.82, 2.24) is 9.55 Å². The summed E-state index contributed by atoms with van der Waals surface area (Å²) in [6, 6.07) is 6.52. The minimum atomic E-state index is 0.664. The molecule has 1 aromatic heterocycles.